The third-order valence-electron chi connectivity index (χ3n) is 3.17. The number of rotatable bonds is 0. The predicted molar refractivity (Wildman–Crippen MR) is 74.6 cm³/mol. The molecule has 0 amide bonds. The number of imidazole rings is 1. The Kier molecular flexibility index (Phi) is 2.26. The summed E-state index contributed by atoms with van der Waals surface area (Å²) < 4.78 is 3.22. The summed E-state index contributed by atoms with van der Waals surface area (Å²) in [4.78, 5) is 4.57. The molecular weight excluding hydrogens is 276 g/mol. The van der Waals surface area contributed by atoms with E-state index in [9.17, 15) is 0 Å². The summed E-state index contributed by atoms with van der Waals surface area (Å²) in [5.74, 6) is 0. The molecule has 0 saturated carbocycles. The first-order valence-electron chi connectivity index (χ1n) is 5.62. The molecule has 0 bridgehead atoms. The maximum atomic E-state index is 4.57. The van der Waals surface area contributed by atoms with E-state index < -0.39 is 0 Å². The van der Waals surface area contributed by atoms with Gasteiger partial charge in [-0.15, -0.1) is 0 Å². The van der Waals surface area contributed by atoms with Crippen LogP contribution in [0.2, 0.25) is 0 Å². The molecule has 0 aliphatic rings. The van der Waals surface area contributed by atoms with Crippen LogP contribution in [0.1, 0.15) is 16.8 Å². The van der Waals surface area contributed by atoms with Crippen molar-refractivity contribution in [3.05, 3.63) is 45.7 Å². The molecule has 0 unspecified atom stereocenters. The highest BCUT2D eigenvalue weighted by Crippen LogP contribution is 2.27. The van der Waals surface area contributed by atoms with Crippen molar-refractivity contribution in [2.75, 3.05) is 0 Å². The molecule has 2 aromatic heterocycles. The van der Waals surface area contributed by atoms with Crippen LogP contribution in [0.3, 0.4) is 0 Å². The molecule has 3 heteroatoms. The Morgan fingerprint density at radius 2 is 1.88 bits per heavy atom. The van der Waals surface area contributed by atoms with Crippen molar-refractivity contribution < 1.29 is 0 Å². The number of aromatic nitrogens is 2. The second-order valence-electron chi connectivity index (χ2n) is 4.53. The van der Waals surface area contributed by atoms with E-state index in [0.717, 1.165) is 15.9 Å². The van der Waals surface area contributed by atoms with E-state index in [-0.39, 0.29) is 0 Å². The van der Waals surface area contributed by atoms with Gasteiger partial charge in [0.25, 0.3) is 0 Å². The molecule has 86 valence electrons. The summed E-state index contributed by atoms with van der Waals surface area (Å²) >= 11 is 3.62. The van der Waals surface area contributed by atoms with E-state index in [2.05, 4.69) is 63.4 Å². The number of hydrogen-bond donors (Lipinski definition) is 0. The topological polar surface area (TPSA) is 17.3 Å². The average Bonchev–Trinajstić information content (AvgIpc) is 2.54. The number of nitrogens with zero attached hydrogens (tertiary/aromatic N) is 2. The molecule has 0 atom stereocenters. The number of fused-ring (bicyclic) bond motifs is 3. The van der Waals surface area contributed by atoms with Crippen LogP contribution in [0.25, 0.3) is 16.6 Å². The lowest BCUT2D eigenvalue weighted by Crippen LogP contribution is -1.92. The Balaban J connectivity index is 2.64. The fourth-order valence-electron chi connectivity index (χ4n) is 2.29. The number of hydrogen-bond acceptors (Lipinski definition) is 1. The van der Waals surface area contributed by atoms with Crippen LogP contribution in [0.4, 0.5) is 0 Å². The zero-order valence-corrected chi connectivity index (χ0v) is 11.7. The van der Waals surface area contributed by atoms with Crippen molar-refractivity contribution in [1.29, 1.82) is 0 Å². The highest BCUT2D eigenvalue weighted by atomic mass is 79.9. The highest BCUT2D eigenvalue weighted by molar-refractivity contribution is 9.10. The fraction of sp³-hybridized carbons (Fsp3) is 0.214. The zero-order chi connectivity index (χ0) is 12.2. The van der Waals surface area contributed by atoms with Crippen molar-refractivity contribution in [2.24, 2.45) is 0 Å². The Morgan fingerprint density at radius 1 is 1.12 bits per heavy atom. The molecule has 0 aliphatic carbocycles. The zero-order valence-electron chi connectivity index (χ0n) is 10.1. The van der Waals surface area contributed by atoms with Crippen LogP contribution in [0, 0.1) is 20.8 Å². The van der Waals surface area contributed by atoms with E-state index in [1.165, 1.54) is 22.0 Å². The Bertz CT molecular complexity index is 741. The predicted octanol–water partition coefficient (Wildman–Crippen LogP) is 4.18. The quantitative estimate of drug-likeness (QED) is 0.607. The van der Waals surface area contributed by atoms with Crippen LogP contribution in [-0.4, -0.2) is 9.38 Å². The summed E-state index contributed by atoms with van der Waals surface area (Å²) in [5.41, 5.74) is 5.78. The van der Waals surface area contributed by atoms with Gasteiger partial charge in [-0.2, -0.15) is 0 Å². The molecule has 3 rings (SSSR count). The van der Waals surface area contributed by atoms with Gasteiger partial charge in [0.15, 0.2) is 0 Å². The maximum Gasteiger partial charge on any atom is 0.138 e. The Labute approximate surface area is 108 Å². The van der Waals surface area contributed by atoms with Crippen molar-refractivity contribution in [3.8, 4) is 0 Å². The summed E-state index contributed by atoms with van der Waals surface area (Å²) in [7, 11) is 0. The molecule has 2 nitrogen and oxygen atoms in total. The molecule has 2 heterocycles. The lowest BCUT2D eigenvalue weighted by Gasteiger charge is -2.07. The van der Waals surface area contributed by atoms with Crippen molar-refractivity contribution in [2.45, 2.75) is 20.8 Å². The van der Waals surface area contributed by atoms with E-state index in [0.29, 0.717) is 0 Å². The number of halogens is 1. The van der Waals surface area contributed by atoms with Gasteiger partial charge in [0.1, 0.15) is 10.3 Å². The Morgan fingerprint density at radius 3 is 2.65 bits per heavy atom. The summed E-state index contributed by atoms with van der Waals surface area (Å²) in [6.45, 7) is 6.27. The van der Waals surface area contributed by atoms with Gasteiger partial charge < -0.3 is 0 Å². The summed E-state index contributed by atoms with van der Waals surface area (Å²) in [6.07, 6.45) is 0. The normalized spacial score (nSPS) is 11.5. The molecule has 0 saturated heterocycles. The van der Waals surface area contributed by atoms with Crippen LogP contribution >= 0.6 is 15.9 Å². The van der Waals surface area contributed by atoms with E-state index in [4.69, 9.17) is 0 Å². The van der Waals surface area contributed by atoms with Gasteiger partial charge in [-0.3, -0.25) is 4.40 Å². The standard InChI is InChI=1S/C14H13BrN2/c1-8-4-5-11-9(2)7-13-16-10(3)14(15)17(13)12(11)6-8/h4-7H,1-3H3. The average molecular weight is 289 g/mol. The van der Waals surface area contributed by atoms with Gasteiger partial charge in [0.05, 0.1) is 11.2 Å². The second-order valence-corrected chi connectivity index (χ2v) is 5.28. The molecule has 0 radical (unpaired) electrons. The lowest BCUT2D eigenvalue weighted by molar-refractivity contribution is 1.20. The second kappa shape index (κ2) is 3.57. The maximum absolute atomic E-state index is 4.57. The first kappa shape index (κ1) is 10.8. The lowest BCUT2D eigenvalue weighted by atomic mass is 10.1. The van der Waals surface area contributed by atoms with Crippen LogP contribution < -0.4 is 0 Å². The van der Waals surface area contributed by atoms with Crippen LogP contribution in [0.15, 0.2) is 28.9 Å². The third kappa shape index (κ3) is 1.49. The monoisotopic (exact) mass is 288 g/mol. The minimum Gasteiger partial charge on any atom is -0.286 e. The molecule has 0 spiro atoms. The summed E-state index contributed by atoms with van der Waals surface area (Å²) in [6, 6.07) is 8.68. The van der Waals surface area contributed by atoms with Gasteiger partial charge in [0.2, 0.25) is 0 Å². The van der Waals surface area contributed by atoms with Gasteiger partial charge in [0, 0.05) is 5.39 Å². The molecule has 1 aromatic carbocycles. The fourth-order valence-corrected chi connectivity index (χ4v) is 2.75. The van der Waals surface area contributed by atoms with Crippen molar-refractivity contribution >= 4 is 32.5 Å². The smallest absolute Gasteiger partial charge is 0.138 e. The Hall–Kier alpha value is -1.35. The van der Waals surface area contributed by atoms with Gasteiger partial charge in [-0.1, -0.05) is 12.1 Å². The highest BCUT2D eigenvalue weighted by Gasteiger charge is 2.10. The number of pyridine rings is 1. The van der Waals surface area contributed by atoms with Crippen molar-refractivity contribution in [3.63, 3.8) is 0 Å². The molecule has 0 fully saturated rings. The van der Waals surface area contributed by atoms with Gasteiger partial charge in [-0.05, 0) is 60.0 Å². The van der Waals surface area contributed by atoms with E-state index in [1.54, 1.807) is 0 Å². The molecule has 3 aromatic rings. The minimum atomic E-state index is 1.00. The number of benzene rings is 1. The van der Waals surface area contributed by atoms with Gasteiger partial charge >= 0.3 is 0 Å². The molecule has 0 N–H and O–H groups in total. The molecular formula is C14H13BrN2. The van der Waals surface area contributed by atoms with E-state index in [1.807, 2.05) is 6.92 Å². The SMILES string of the molecule is Cc1ccc2c(C)cc3nc(C)c(Br)n3c2c1. The van der Waals surface area contributed by atoms with Crippen molar-refractivity contribution in [1.82, 2.24) is 9.38 Å². The first-order valence-corrected chi connectivity index (χ1v) is 6.42. The largest absolute Gasteiger partial charge is 0.286 e. The van der Waals surface area contributed by atoms with E-state index >= 15 is 0 Å². The first-order chi connectivity index (χ1) is 8.08. The van der Waals surface area contributed by atoms with Gasteiger partial charge in [-0.25, -0.2) is 4.98 Å². The van der Waals surface area contributed by atoms with Crippen LogP contribution in [0.5, 0.6) is 0 Å². The number of aryl methyl sites for hydroxylation is 3. The van der Waals surface area contributed by atoms with Crippen LogP contribution in [-0.2, 0) is 0 Å². The minimum absolute atomic E-state index is 1.00. The molecule has 0 aliphatic heterocycles. The summed E-state index contributed by atoms with van der Waals surface area (Å²) in [5, 5.41) is 1.28. The third-order valence-corrected chi connectivity index (χ3v) is 4.10. The molecule has 17 heavy (non-hydrogen) atoms.